The summed E-state index contributed by atoms with van der Waals surface area (Å²) >= 11 is 7.11. The van der Waals surface area contributed by atoms with Gasteiger partial charge in [0.05, 0.1) is 0 Å². The minimum atomic E-state index is -0.0511. The van der Waals surface area contributed by atoms with Crippen molar-refractivity contribution >= 4 is 28.7 Å². The summed E-state index contributed by atoms with van der Waals surface area (Å²) in [5.41, 5.74) is 1.49. The van der Waals surface area contributed by atoms with Crippen molar-refractivity contribution in [3.8, 4) is 0 Å². The molecule has 0 spiro atoms. The SMILES string of the molecule is Cc1csc(C(=O)c2ccc(Cl)cc2)n1. The van der Waals surface area contributed by atoms with Crippen molar-refractivity contribution in [3.05, 3.63) is 50.9 Å². The first kappa shape index (κ1) is 10.3. The molecular formula is C11H8ClNOS. The van der Waals surface area contributed by atoms with Crippen molar-refractivity contribution in [2.75, 3.05) is 0 Å². The number of benzene rings is 1. The van der Waals surface area contributed by atoms with E-state index >= 15 is 0 Å². The highest BCUT2D eigenvalue weighted by molar-refractivity contribution is 7.12. The number of aromatic nitrogens is 1. The Hall–Kier alpha value is -1.19. The van der Waals surface area contributed by atoms with Gasteiger partial charge in [0.15, 0.2) is 5.01 Å². The fraction of sp³-hybridized carbons (Fsp3) is 0.0909. The number of thiazole rings is 1. The quantitative estimate of drug-likeness (QED) is 0.750. The number of nitrogens with zero attached hydrogens (tertiary/aromatic N) is 1. The largest absolute Gasteiger partial charge is 0.286 e. The third-order valence-electron chi connectivity index (χ3n) is 1.92. The van der Waals surface area contributed by atoms with Gasteiger partial charge < -0.3 is 0 Å². The van der Waals surface area contributed by atoms with Crippen LogP contribution in [0.15, 0.2) is 29.6 Å². The Bertz CT molecular complexity index is 490. The topological polar surface area (TPSA) is 30.0 Å². The molecule has 0 amide bonds. The molecule has 1 aromatic heterocycles. The molecule has 0 bridgehead atoms. The maximum absolute atomic E-state index is 11.9. The lowest BCUT2D eigenvalue weighted by Crippen LogP contribution is -2.00. The van der Waals surface area contributed by atoms with Gasteiger partial charge in [-0.25, -0.2) is 4.98 Å². The molecule has 2 aromatic rings. The second-order valence-electron chi connectivity index (χ2n) is 3.13. The maximum atomic E-state index is 11.9. The van der Waals surface area contributed by atoms with E-state index in [0.29, 0.717) is 15.6 Å². The maximum Gasteiger partial charge on any atom is 0.221 e. The molecule has 0 fully saturated rings. The standard InChI is InChI=1S/C11H8ClNOS/c1-7-6-15-11(13-7)10(14)8-2-4-9(12)5-3-8/h2-6H,1H3. The second-order valence-corrected chi connectivity index (χ2v) is 4.42. The van der Waals surface area contributed by atoms with Gasteiger partial charge in [0, 0.05) is 21.7 Å². The summed E-state index contributed by atoms with van der Waals surface area (Å²) in [5, 5.41) is 3.01. The Labute approximate surface area is 96.5 Å². The Morgan fingerprint density at radius 3 is 2.53 bits per heavy atom. The van der Waals surface area contributed by atoms with Crippen LogP contribution in [0.1, 0.15) is 21.1 Å². The number of hydrogen-bond donors (Lipinski definition) is 0. The summed E-state index contributed by atoms with van der Waals surface area (Å²) in [6.07, 6.45) is 0. The molecule has 0 atom stereocenters. The van der Waals surface area contributed by atoms with Gasteiger partial charge in [0.2, 0.25) is 5.78 Å². The summed E-state index contributed by atoms with van der Waals surface area (Å²) in [6.45, 7) is 1.87. The molecule has 15 heavy (non-hydrogen) atoms. The van der Waals surface area contributed by atoms with Gasteiger partial charge in [-0.2, -0.15) is 0 Å². The van der Waals surface area contributed by atoms with Gasteiger partial charge in [-0.05, 0) is 31.2 Å². The van der Waals surface area contributed by atoms with Crippen molar-refractivity contribution in [2.45, 2.75) is 6.92 Å². The van der Waals surface area contributed by atoms with E-state index in [1.165, 1.54) is 11.3 Å². The first-order chi connectivity index (χ1) is 7.16. The van der Waals surface area contributed by atoms with Crippen LogP contribution in [-0.4, -0.2) is 10.8 Å². The summed E-state index contributed by atoms with van der Waals surface area (Å²) in [7, 11) is 0. The van der Waals surface area contributed by atoms with Crippen LogP contribution in [-0.2, 0) is 0 Å². The summed E-state index contributed by atoms with van der Waals surface area (Å²) in [4.78, 5) is 16.0. The average molecular weight is 238 g/mol. The number of carbonyl (C=O) groups is 1. The van der Waals surface area contributed by atoms with E-state index in [0.717, 1.165) is 5.69 Å². The fourth-order valence-corrected chi connectivity index (χ4v) is 2.07. The predicted molar refractivity (Wildman–Crippen MR) is 61.7 cm³/mol. The monoisotopic (exact) mass is 237 g/mol. The molecule has 2 nitrogen and oxygen atoms in total. The van der Waals surface area contributed by atoms with Crippen molar-refractivity contribution in [3.63, 3.8) is 0 Å². The Balaban J connectivity index is 2.32. The van der Waals surface area contributed by atoms with Gasteiger partial charge in [-0.15, -0.1) is 11.3 Å². The molecule has 0 N–H and O–H groups in total. The molecule has 1 heterocycles. The zero-order valence-corrected chi connectivity index (χ0v) is 9.60. The smallest absolute Gasteiger partial charge is 0.221 e. The van der Waals surface area contributed by atoms with Crippen LogP contribution in [0.25, 0.3) is 0 Å². The Morgan fingerprint density at radius 2 is 2.00 bits per heavy atom. The lowest BCUT2D eigenvalue weighted by Gasteiger charge is -1.96. The molecule has 0 saturated carbocycles. The van der Waals surface area contributed by atoms with Gasteiger partial charge >= 0.3 is 0 Å². The van der Waals surface area contributed by atoms with E-state index in [2.05, 4.69) is 4.98 Å². The van der Waals surface area contributed by atoms with Crippen LogP contribution in [0, 0.1) is 6.92 Å². The first-order valence-electron chi connectivity index (χ1n) is 4.39. The Kier molecular flexibility index (Phi) is 2.84. The van der Waals surface area contributed by atoms with Crippen molar-refractivity contribution in [1.82, 2.24) is 4.98 Å². The highest BCUT2D eigenvalue weighted by Crippen LogP contribution is 2.16. The molecule has 2 rings (SSSR count). The molecule has 4 heteroatoms. The molecule has 0 saturated heterocycles. The van der Waals surface area contributed by atoms with E-state index in [9.17, 15) is 4.79 Å². The number of rotatable bonds is 2. The number of carbonyl (C=O) groups excluding carboxylic acids is 1. The molecule has 1 aromatic carbocycles. The minimum Gasteiger partial charge on any atom is -0.286 e. The van der Waals surface area contributed by atoms with Crippen molar-refractivity contribution < 1.29 is 4.79 Å². The van der Waals surface area contributed by atoms with Gasteiger partial charge in [0.25, 0.3) is 0 Å². The lowest BCUT2D eigenvalue weighted by atomic mass is 10.1. The first-order valence-corrected chi connectivity index (χ1v) is 5.65. The molecule has 76 valence electrons. The van der Waals surface area contributed by atoms with Crippen molar-refractivity contribution in [1.29, 1.82) is 0 Å². The predicted octanol–water partition coefficient (Wildman–Crippen LogP) is 3.34. The zero-order chi connectivity index (χ0) is 10.8. The number of aryl methyl sites for hydroxylation is 1. The molecular weight excluding hydrogens is 230 g/mol. The van der Waals surface area contributed by atoms with Crippen LogP contribution in [0.5, 0.6) is 0 Å². The van der Waals surface area contributed by atoms with Gasteiger partial charge in [0.1, 0.15) is 0 Å². The van der Waals surface area contributed by atoms with E-state index in [1.807, 2.05) is 12.3 Å². The molecule has 0 radical (unpaired) electrons. The molecule has 0 aliphatic carbocycles. The van der Waals surface area contributed by atoms with E-state index in [4.69, 9.17) is 11.6 Å². The highest BCUT2D eigenvalue weighted by atomic mass is 35.5. The highest BCUT2D eigenvalue weighted by Gasteiger charge is 2.12. The summed E-state index contributed by atoms with van der Waals surface area (Å²) < 4.78 is 0. The van der Waals surface area contributed by atoms with E-state index in [-0.39, 0.29) is 5.78 Å². The number of ketones is 1. The molecule has 0 aliphatic rings. The molecule has 0 unspecified atom stereocenters. The third-order valence-corrected chi connectivity index (χ3v) is 3.13. The van der Waals surface area contributed by atoms with Gasteiger partial charge in [-0.3, -0.25) is 4.79 Å². The fourth-order valence-electron chi connectivity index (χ4n) is 1.18. The average Bonchev–Trinajstić information content (AvgIpc) is 2.65. The normalized spacial score (nSPS) is 10.3. The number of halogens is 1. The third kappa shape index (κ3) is 2.25. The van der Waals surface area contributed by atoms with Crippen LogP contribution < -0.4 is 0 Å². The lowest BCUT2D eigenvalue weighted by molar-refractivity contribution is 0.103. The van der Waals surface area contributed by atoms with E-state index in [1.54, 1.807) is 24.3 Å². The van der Waals surface area contributed by atoms with Crippen LogP contribution in [0.2, 0.25) is 5.02 Å². The Morgan fingerprint density at radius 1 is 1.33 bits per heavy atom. The minimum absolute atomic E-state index is 0.0511. The van der Waals surface area contributed by atoms with Crippen LogP contribution in [0.3, 0.4) is 0 Å². The zero-order valence-electron chi connectivity index (χ0n) is 8.03. The van der Waals surface area contributed by atoms with Crippen molar-refractivity contribution in [2.24, 2.45) is 0 Å². The number of hydrogen-bond acceptors (Lipinski definition) is 3. The van der Waals surface area contributed by atoms with E-state index < -0.39 is 0 Å². The van der Waals surface area contributed by atoms with Crippen LogP contribution in [0.4, 0.5) is 0 Å². The summed E-state index contributed by atoms with van der Waals surface area (Å²) in [5.74, 6) is -0.0511. The second kappa shape index (κ2) is 4.13. The molecule has 0 aliphatic heterocycles. The van der Waals surface area contributed by atoms with Crippen LogP contribution >= 0.6 is 22.9 Å². The summed E-state index contributed by atoms with van der Waals surface area (Å²) in [6, 6.07) is 6.83. The van der Waals surface area contributed by atoms with Gasteiger partial charge in [-0.1, -0.05) is 11.6 Å².